The Balaban J connectivity index is 2.11. The second kappa shape index (κ2) is 7.49. The van der Waals surface area contributed by atoms with Crippen molar-refractivity contribution in [3.63, 3.8) is 0 Å². The lowest BCUT2D eigenvalue weighted by molar-refractivity contribution is -0.110. The van der Waals surface area contributed by atoms with Gasteiger partial charge in [-0.15, -0.1) is 0 Å². The maximum Gasteiger partial charge on any atom is 0.124 e. The maximum atomic E-state index is 11.3. The molecule has 0 N–H and O–H groups in total. The summed E-state index contributed by atoms with van der Waals surface area (Å²) in [6, 6.07) is 14.8. The summed E-state index contributed by atoms with van der Waals surface area (Å²) in [6.07, 6.45) is 3.12. The highest BCUT2D eigenvalue weighted by Gasteiger charge is 2.12. The molecule has 1 nitrogen and oxygen atoms in total. The van der Waals surface area contributed by atoms with Crippen molar-refractivity contribution < 1.29 is 4.79 Å². The third-order valence-electron chi connectivity index (χ3n) is 3.72. The Labute approximate surface area is 125 Å². The van der Waals surface area contributed by atoms with Gasteiger partial charge in [0, 0.05) is 16.9 Å². The highest BCUT2D eigenvalue weighted by Crippen LogP contribution is 2.23. The topological polar surface area (TPSA) is 17.1 Å². The van der Waals surface area contributed by atoms with Crippen molar-refractivity contribution in [2.45, 2.75) is 31.9 Å². The summed E-state index contributed by atoms with van der Waals surface area (Å²) in [7, 11) is 0. The second-order valence-electron chi connectivity index (χ2n) is 5.29. The number of hydrogen-bond donors (Lipinski definition) is 0. The van der Waals surface area contributed by atoms with Gasteiger partial charge in [-0.3, -0.25) is 0 Å². The van der Waals surface area contributed by atoms with Gasteiger partial charge in [-0.25, -0.2) is 0 Å². The van der Waals surface area contributed by atoms with E-state index in [-0.39, 0.29) is 5.92 Å². The molecule has 0 saturated heterocycles. The minimum atomic E-state index is 0.111. The SMILES string of the molecule is CCC(C)SCC(C=O)Cc1cccc2ccccc12. The van der Waals surface area contributed by atoms with Crippen LogP contribution in [0.5, 0.6) is 0 Å². The number of carbonyl (C=O) groups excluding carboxylic acids is 1. The Morgan fingerprint density at radius 3 is 2.65 bits per heavy atom. The Kier molecular flexibility index (Phi) is 5.66. The van der Waals surface area contributed by atoms with Gasteiger partial charge in [0.05, 0.1) is 0 Å². The number of hydrogen-bond acceptors (Lipinski definition) is 2. The van der Waals surface area contributed by atoms with Gasteiger partial charge in [0.2, 0.25) is 0 Å². The molecule has 2 aromatic carbocycles. The van der Waals surface area contributed by atoms with E-state index in [0.29, 0.717) is 5.25 Å². The van der Waals surface area contributed by atoms with Crippen LogP contribution in [-0.4, -0.2) is 17.3 Å². The van der Waals surface area contributed by atoms with Crippen LogP contribution in [0.1, 0.15) is 25.8 Å². The van der Waals surface area contributed by atoms with Gasteiger partial charge in [-0.2, -0.15) is 11.8 Å². The number of benzene rings is 2. The van der Waals surface area contributed by atoms with E-state index in [9.17, 15) is 4.79 Å². The molecule has 2 rings (SSSR count). The fourth-order valence-corrected chi connectivity index (χ4v) is 3.31. The van der Waals surface area contributed by atoms with Gasteiger partial charge >= 0.3 is 0 Å². The fraction of sp³-hybridized carbons (Fsp3) is 0.389. The molecule has 0 heterocycles. The molecule has 0 bridgehead atoms. The zero-order chi connectivity index (χ0) is 14.4. The van der Waals surface area contributed by atoms with Crippen molar-refractivity contribution in [2.24, 2.45) is 5.92 Å². The van der Waals surface area contributed by atoms with Crippen molar-refractivity contribution in [1.29, 1.82) is 0 Å². The first-order valence-electron chi connectivity index (χ1n) is 7.28. The van der Waals surface area contributed by atoms with E-state index < -0.39 is 0 Å². The molecule has 0 amide bonds. The van der Waals surface area contributed by atoms with Gasteiger partial charge in [0.25, 0.3) is 0 Å². The highest BCUT2D eigenvalue weighted by atomic mass is 32.2. The first-order chi connectivity index (χ1) is 9.74. The predicted molar refractivity (Wildman–Crippen MR) is 89.4 cm³/mol. The van der Waals surface area contributed by atoms with E-state index >= 15 is 0 Å². The molecule has 0 radical (unpaired) electrons. The van der Waals surface area contributed by atoms with Crippen molar-refractivity contribution in [2.75, 3.05) is 5.75 Å². The van der Waals surface area contributed by atoms with Crippen LogP contribution in [0.2, 0.25) is 0 Å². The first-order valence-corrected chi connectivity index (χ1v) is 8.33. The van der Waals surface area contributed by atoms with E-state index in [2.05, 4.69) is 56.3 Å². The summed E-state index contributed by atoms with van der Waals surface area (Å²) in [5.74, 6) is 1.03. The van der Waals surface area contributed by atoms with E-state index in [1.54, 1.807) is 0 Å². The molecule has 106 valence electrons. The smallest absolute Gasteiger partial charge is 0.124 e. The molecule has 0 spiro atoms. The van der Waals surface area contributed by atoms with Gasteiger partial charge < -0.3 is 4.79 Å². The standard InChI is InChI=1S/C18H22OS/c1-3-14(2)20-13-15(12-19)11-17-9-6-8-16-7-4-5-10-18(16)17/h4-10,12,14-15H,3,11,13H2,1-2H3. The molecule has 0 aliphatic heterocycles. The molecule has 2 aromatic rings. The van der Waals surface area contributed by atoms with Crippen LogP contribution in [0.15, 0.2) is 42.5 Å². The normalized spacial score (nSPS) is 14.1. The molecule has 0 saturated carbocycles. The number of fused-ring (bicyclic) bond motifs is 1. The Morgan fingerprint density at radius 1 is 1.15 bits per heavy atom. The Hall–Kier alpha value is -1.28. The number of thioether (sulfide) groups is 1. The minimum Gasteiger partial charge on any atom is -0.303 e. The van der Waals surface area contributed by atoms with Gasteiger partial charge in [0.1, 0.15) is 6.29 Å². The molecule has 2 atom stereocenters. The van der Waals surface area contributed by atoms with Crippen LogP contribution >= 0.6 is 11.8 Å². The van der Waals surface area contributed by atoms with Crippen LogP contribution in [-0.2, 0) is 11.2 Å². The number of rotatable bonds is 7. The van der Waals surface area contributed by atoms with Crippen LogP contribution in [0.3, 0.4) is 0 Å². The zero-order valence-electron chi connectivity index (χ0n) is 12.2. The van der Waals surface area contributed by atoms with Gasteiger partial charge in [-0.05, 0) is 29.2 Å². The highest BCUT2D eigenvalue weighted by molar-refractivity contribution is 7.99. The van der Waals surface area contributed by atoms with Crippen LogP contribution < -0.4 is 0 Å². The summed E-state index contributed by atoms with van der Waals surface area (Å²) in [4.78, 5) is 11.3. The first kappa shape index (κ1) is 15.1. The molecule has 2 unspecified atom stereocenters. The summed E-state index contributed by atoms with van der Waals surface area (Å²) in [6.45, 7) is 4.42. The molecule has 0 fully saturated rings. The molecule has 20 heavy (non-hydrogen) atoms. The third kappa shape index (κ3) is 3.86. The largest absolute Gasteiger partial charge is 0.303 e. The third-order valence-corrected chi connectivity index (χ3v) is 5.25. The van der Waals surface area contributed by atoms with Crippen LogP contribution in [0, 0.1) is 5.92 Å². The van der Waals surface area contributed by atoms with E-state index in [1.807, 2.05) is 11.8 Å². The molecule has 2 heteroatoms. The Morgan fingerprint density at radius 2 is 1.90 bits per heavy atom. The molecule has 0 aliphatic carbocycles. The molecular formula is C18H22OS. The zero-order valence-corrected chi connectivity index (χ0v) is 13.0. The lowest BCUT2D eigenvalue weighted by atomic mass is 9.97. The van der Waals surface area contributed by atoms with Crippen LogP contribution in [0.4, 0.5) is 0 Å². The summed E-state index contributed by atoms with van der Waals surface area (Å²) in [5, 5.41) is 3.16. The predicted octanol–water partition coefficient (Wildman–Crippen LogP) is 4.73. The van der Waals surface area contributed by atoms with Gasteiger partial charge in [-0.1, -0.05) is 56.3 Å². The van der Waals surface area contributed by atoms with Crippen molar-refractivity contribution in [3.8, 4) is 0 Å². The van der Waals surface area contributed by atoms with Crippen molar-refractivity contribution in [3.05, 3.63) is 48.0 Å². The average molecular weight is 286 g/mol. The monoisotopic (exact) mass is 286 g/mol. The van der Waals surface area contributed by atoms with E-state index in [4.69, 9.17) is 0 Å². The molecule has 0 aromatic heterocycles. The van der Waals surface area contributed by atoms with Gasteiger partial charge in [0.15, 0.2) is 0 Å². The minimum absolute atomic E-state index is 0.111. The lowest BCUT2D eigenvalue weighted by Gasteiger charge is -2.14. The Bertz CT molecular complexity index is 559. The summed E-state index contributed by atoms with van der Waals surface area (Å²) < 4.78 is 0. The van der Waals surface area contributed by atoms with Crippen molar-refractivity contribution >= 4 is 28.8 Å². The fourth-order valence-electron chi connectivity index (χ4n) is 2.30. The second-order valence-corrected chi connectivity index (χ2v) is 6.76. The molecular weight excluding hydrogens is 264 g/mol. The van der Waals surface area contributed by atoms with Crippen LogP contribution in [0.25, 0.3) is 10.8 Å². The quantitative estimate of drug-likeness (QED) is 0.684. The lowest BCUT2D eigenvalue weighted by Crippen LogP contribution is -2.11. The average Bonchev–Trinajstić information content (AvgIpc) is 2.51. The maximum absolute atomic E-state index is 11.3. The van der Waals surface area contributed by atoms with Crippen molar-refractivity contribution in [1.82, 2.24) is 0 Å². The van der Waals surface area contributed by atoms with E-state index in [1.165, 1.54) is 16.3 Å². The van der Waals surface area contributed by atoms with E-state index in [0.717, 1.165) is 24.9 Å². The number of carbonyl (C=O) groups is 1. The summed E-state index contributed by atoms with van der Waals surface area (Å²) >= 11 is 1.90. The molecule has 0 aliphatic rings. The number of aldehydes is 1. The summed E-state index contributed by atoms with van der Waals surface area (Å²) in [5.41, 5.74) is 1.28.